The normalized spacial score (nSPS) is 12.4. The maximum Gasteiger partial charge on any atom is 0.253 e. The van der Waals surface area contributed by atoms with Crippen LogP contribution in [0.3, 0.4) is 0 Å². The van der Waals surface area contributed by atoms with Gasteiger partial charge in [0.2, 0.25) is 0 Å². The van der Waals surface area contributed by atoms with Crippen LogP contribution < -0.4 is 5.32 Å². The van der Waals surface area contributed by atoms with Gasteiger partial charge in [0.05, 0.1) is 17.8 Å². The molecule has 1 atom stereocenters. The van der Waals surface area contributed by atoms with E-state index >= 15 is 0 Å². The van der Waals surface area contributed by atoms with E-state index < -0.39 is 0 Å². The molecule has 24 heavy (non-hydrogen) atoms. The summed E-state index contributed by atoms with van der Waals surface area (Å²) in [7, 11) is 0. The summed E-state index contributed by atoms with van der Waals surface area (Å²) in [6.07, 6.45) is 2.34. The molecule has 2 N–H and O–H groups in total. The van der Waals surface area contributed by atoms with E-state index in [1.807, 2.05) is 52.0 Å². The first-order valence-electron chi connectivity index (χ1n) is 8.42. The first-order chi connectivity index (χ1) is 11.4. The molecule has 2 aromatic rings. The van der Waals surface area contributed by atoms with Crippen LogP contribution >= 0.6 is 0 Å². The molecule has 0 aliphatic heterocycles. The molecule has 0 saturated heterocycles. The summed E-state index contributed by atoms with van der Waals surface area (Å²) in [6.45, 7) is 8.77. The predicted octanol–water partition coefficient (Wildman–Crippen LogP) is 2.69. The van der Waals surface area contributed by atoms with Gasteiger partial charge in [0, 0.05) is 30.2 Å². The Kier molecular flexibility index (Phi) is 6.15. The van der Waals surface area contributed by atoms with E-state index in [0.717, 1.165) is 17.1 Å². The van der Waals surface area contributed by atoms with Crippen molar-refractivity contribution in [3.63, 3.8) is 0 Å². The van der Waals surface area contributed by atoms with E-state index in [1.54, 1.807) is 6.20 Å². The number of aryl methyl sites for hydroxylation is 1. The minimum absolute atomic E-state index is 0.0265. The highest BCUT2D eigenvalue weighted by molar-refractivity contribution is 5.95. The number of aromatic nitrogens is 2. The second-order valence-electron chi connectivity index (χ2n) is 6.53. The number of rotatable bonds is 7. The third-order valence-electron chi connectivity index (χ3n) is 4.43. The summed E-state index contributed by atoms with van der Waals surface area (Å²) < 4.78 is 2.10. The number of aliphatic hydroxyl groups excluding tert-OH is 1. The highest BCUT2D eigenvalue weighted by Crippen LogP contribution is 2.17. The van der Waals surface area contributed by atoms with Crippen molar-refractivity contribution < 1.29 is 9.90 Å². The van der Waals surface area contributed by atoms with Gasteiger partial charge in [-0.1, -0.05) is 19.9 Å². The fraction of sp³-hybridized carbons (Fsp3) is 0.474. The predicted molar refractivity (Wildman–Crippen MR) is 95.0 cm³/mol. The Morgan fingerprint density at radius 3 is 2.67 bits per heavy atom. The van der Waals surface area contributed by atoms with Gasteiger partial charge in [-0.25, -0.2) is 0 Å². The van der Waals surface area contributed by atoms with Gasteiger partial charge < -0.3 is 15.0 Å². The van der Waals surface area contributed by atoms with Crippen LogP contribution in [-0.2, 0) is 6.54 Å². The van der Waals surface area contributed by atoms with Gasteiger partial charge in [0.1, 0.15) is 0 Å². The molecule has 0 fully saturated rings. The zero-order valence-electron chi connectivity index (χ0n) is 14.9. The molecule has 5 nitrogen and oxygen atoms in total. The smallest absolute Gasteiger partial charge is 0.253 e. The molecule has 5 heteroatoms. The maximum absolute atomic E-state index is 12.7. The molecule has 0 aliphatic carbocycles. The standard InChI is InChI=1S/C19H27N3O2/c1-13(2)18(8-10-23)21-19(24)17-11-14(3)22(15(17)4)12-16-7-5-6-9-20-16/h5-7,9,11,13,18,23H,8,10,12H2,1-4H3,(H,21,24). The molecule has 0 spiro atoms. The largest absolute Gasteiger partial charge is 0.396 e. The Hall–Kier alpha value is -2.14. The van der Waals surface area contributed by atoms with E-state index in [0.29, 0.717) is 18.5 Å². The first kappa shape index (κ1) is 18.2. The number of pyridine rings is 1. The molecule has 2 rings (SSSR count). The Labute approximate surface area is 143 Å². The van der Waals surface area contributed by atoms with Crippen molar-refractivity contribution in [1.82, 2.24) is 14.9 Å². The molecule has 130 valence electrons. The van der Waals surface area contributed by atoms with Crippen molar-refractivity contribution in [3.8, 4) is 0 Å². The number of aliphatic hydroxyl groups is 1. The van der Waals surface area contributed by atoms with Crippen LogP contribution in [0, 0.1) is 19.8 Å². The fourth-order valence-corrected chi connectivity index (χ4v) is 2.89. The zero-order chi connectivity index (χ0) is 17.7. The number of nitrogens with one attached hydrogen (secondary N) is 1. The van der Waals surface area contributed by atoms with Crippen molar-refractivity contribution in [2.75, 3.05) is 6.61 Å². The first-order valence-corrected chi connectivity index (χ1v) is 8.42. The van der Waals surface area contributed by atoms with E-state index in [1.165, 1.54) is 0 Å². The van der Waals surface area contributed by atoms with Crippen LogP contribution in [0.25, 0.3) is 0 Å². The van der Waals surface area contributed by atoms with E-state index in [4.69, 9.17) is 0 Å². The van der Waals surface area contributed by atoms with E-state index in [9.17, 15) is 9.90 Å². The Morgan fingerprint density at radius 2 is 2.08 bits per heavy atom. The molecule has 1 amide bonds. The molecule has 0 bridgehead atoms. The summed E-state index contributed by atoms with van der Waals surface area (Å²) in [5.41, 5.74) is 3.62. The maximum atomic E-state index is 12.7. The van der Waals surface area contributed by atoms with Gasteiger partial charge in [0.15, 0.2) is 0 Å². The van der Waals surface area contributed by atoms with Crippen LogP contribution in [0.5, 0.6) is 0 Å². The number of carbonyl (C=O) groups excluding carboxylic acids is 1. The van der Waals surface area contributed by atoms with Crippen LogP contribution in [0.15, 0.2) is 30.5 Å². The van der Waals surface area contributed by atoms with Gasteiger partial charge in [-0.3, -0.25) is 9.78 Å². The average Bonchev–Trinajstić information content (AvgIpc) is 2.83. The lowest BCUT2D eigenvalue weighted by molar-refractivity contribution is 0.0916. The zero-order valence-corrected chi connectivity index (χ0v) is 14.9. The van der Waals surface area contributed by atoms with Crippen molar-refractivity contribution in [3.05, 3.63) is 53.1 Å². The number of amides is 1. The Bertz CT molecular complexity index is 677. The molecule has 0 radical (unpaired) electrons. The minimum Gasteiger partial charge on any atom is -0.396 e. The molecular formula is C19H27N3O2. The number of nitrogens with zero attached hydrogens (tertiary/aromatic N) is 2. The summed E-state index contributed by atoms with van der Waals surface area (Å²) in [5.74, 6) is 0.195. The minimum atomic E-state index is -0.0810. The highest BCUT2D eigenvalue weighted by Gasteiger charge is 2.20. The molecule has 2 aromatic heterocycles. The van der Waals surface area contributed by atoms with Crippen molar-refractivity contribution in [2.45, 2.75) is 46.7 Å². The van der Waals surface area contributed by atoms with E-state index in [2.05, 4.69) is 14.9 Å². The van der Waals surface area contributed by atoms with Gasteiger partial charge in [-0.2, -0.15) is 0 Å². The molecule has 1 unspecified atom stereocenters. The fourth-order valence-electron chi connectivity index (χ4n) is 2.89. The number of carbonyl (C=O) groups is 1. The topological polar surface area (TPSA) is 67.2 Å². The second kappa shape index (κ2) is 8.11. The lowest BCUT2D eigenvalue weighted by atomic mass is 10.0. The Morgan fingerprint density at radius 1 is 1.33 bits per heavy atom. The van der Waals surface area contributed by atoms with Gasteiger partial charge in [-0.05, 0) is 44.4 Å². The number of hydrogen-bond donors (Lipinski definition) is 2. The van der Waals surface area contributed by atoms with Gasteiger partial charge >= 0.3 is 0 Å². The summed E-state index contributed by atoms with van der Waals surface area (Å²) in [4.78, 5) is 17.0. The number of hydrogen-bond acceptors (Lipinski definition) is 3. The second-order valence-corrected chi connectivity index (χ2v) is 6.53. The molecular weight excluding hydrogens is 302 g/mol. The monoisotopic (exact) mass is 329 g/mol. The Balaban J connectivity index is 2.19. The van der Waals surface area contributed by atoms with Gasteiger partial charge in [-0.15, -0.1) is 0 Å². The van der Waals surface area contributed by atoms with Crippen LogP contribution in [0.2, 0.25) is 0 Å². The van der Waals surface area contributed by atoms with E-state index in [-0.39, 0.29) is 24.5 Å². The van der Waals surface area contributed by atoms with Crippen molar-refractivity contribution in [1.29, 1.82) is 0 Å². The molecule has 0 aromatic carbocycles. The quantitative estimate of drug-likeness (QED) is 0.821. The third-order valence-corrected chi connectivity index (χ3v) is 4.43. The van der Waals surface area contributed by atoms with Crippen molar-refractivity contribution >= 4 is 5.91 Å². The SMILES string of the molecule is Cc1cc(C(=O)NC(CCO)C(C)C)c(C)n1Cc1ccccn1. The lowest BCUT2D eigenvalue weighted by Gasteiger charge is -2.21. The summed E-state index contributed by atoms with van der Waals surface area (Å²) in [5, 5.41) is 12.2. The molecule has 2 heterocycles. The summed E-state index contributed by atoms with van der Waals surface area (Å²) in [6, 6.07) is 7.73. The van der Waals surface area contributed by atoms with Gasteiger partial charge in [0.25, 0.3) is 5.91 Å². The highest BCUT2D eigenvalue weighted by atomic mass is 16.3. The van der Waals surface area contributed by atoms with Crippen LogP contribution in [0.4, 0.5) is 0 Å². The third kappa shape index (κ3) is 4.23. The van der Waals surface area contributed by atoms with Crippen LogP contribution in [0.1, 0.15) is 47.7 Å². The van der Waals surface area contributed by atoms with Crippen LogP contribution in [-0.4, -0.2) is 33.2 Å². The average molecular weight is 329 g/mol. The lowest BCUT2D eigenvalue weighted by Crippen LogP contribution is -2.39. The van der Waals surface area contributed by atoms with Crippen molar-refractivity contribution in [2.24, 2.45) is 5.92 Å². The molecule has 0 saturated carbocycles. The summed E-state index contributed by atoms with van der Waals surface area (Å²) >= 11 is 0. The molecule has 0 aliphatic rings.